The maximum absolute atomic E-state index is 8.60. The number of nitriles is 1. The Bertz CT molecular complexity index is 748. The Morgan fingerprint density at radius 3 is 1.74 bits per heavy atom. The molecule has 2 unspecified atom stereocenters. The molecule has 0 fully saturated rings. The van der Waals surface area contributed by atoms with Gasteiger partial charge < -0.3 is 32.4 Å². The van der Waals surface area contributed by atoms with Crippen molar-refractivity contribution in [2.75, 3.05) is 13.2 Å². The summed E-state index contributed by atoms with van der Waals surface area (Å²) in [4.78, 5) is 0. The van der Waals surface area contributed by atoms with Gasteiger partial charge >= 0.3 is 0 Å². The molecule has 11 heteroatoms. The standard InChI is InChI=1S/C10H16N3O.C10H11N2O.2V.2W/c1-7(11)6-14-9-4-2-3-8(5-9)10(12)13;1-8(12)7-13-10-4-2-3-9(5-10)6-11;;;;/h2-5,7,10-11H,6,12-13H2,1H3;2-5,8,12H,7H2,1H3;;;;/q2*-1;;;;. The van der Waals surface area contributed by atoms with Crippen molar-refractivity contribution in [1.82, 2.24) is 0 Å². The molecule has 0 heterocycles. The van der Waals surface area contributed by atoms with Crippen LogP contribution in [0.25, 0.3) is 11.5 Å². The topological polar surface area (TPSA) is 142 Å². The zero-order chi connectivity index (χ0) is 20.2. The van der Waals surface area contributed by atoms with Crippen LogP contribution >= 0.6 is 0 Å². The summed E-state index contributed by atoms with van der Waals surface area (Å²) in [6.07, 6.45) is -0.480. The molecule has 0 amide bonds. The van der Waals surface area contributed by atoms with Gasteiger partial charge in [-0.25, -0.2) is 0 Å². The molecule has 2 radical (unpaired) electrons. The van der Waals surface area contributed by atoms with E-state index in [0.717, 1.165) is 5.56 Å². The van der Waals surface area contributed by atoms with Crippen molar-refractivity contribution in [2.45, 2.75) is 32.1 Å². The number of nitrogens with one attached hydrogen (secondary N) is 2. The zero-order valence-corrected chi connectivity index (χ0v) is 26.1. The Labute approximate surface area is 237 Å². The summed E-state index contributed by atoms with van der Waals surface area (Å²) in [6, 6.07) is 15.8. The van der Waals surface area contributed by atoms with Crippen LogP contribution in [0, 0.1) is 11.3 Å². The molecule has 0 spiro atoms. The van der Waals surface area contributed by atoms with E-state index in [9.17, 15) is 0 Å². The van der Waals surface area contributed by atoms with Crippen LogP contribution in [-0.2, 0) is 79.2 Å². The van der Waals surface area contributed by atoms with Crippen molar-refractivity contribution >= 4 is 0 Å². The fraction of sp³-hybridized carbons (Fsp3) is 0.350. The Kier molecular flexibility index (Phi) is 26.8. The molecule has 0 bridgehead atoms. The van der Waals surface area contributed by atoms with E-state index in [4.69, 9.17) is 37.7 Å². The summed E-state index contributed by atoms with van der Waals surface area (Å²) >= 11 is 0. The average Bonchev–Trinajstić information content (AvgIpc) is 2.65. The van der Waals surface area contributed by atoms with Gasteiger partial charge in [-0.3, -0.25) is 0 Å². The van der Waals surface area contributed by atoms with E-state index in [1.165, 1.54) is 0 Å². The maximum atomic E-state index is 8.60. The summed E-state index contributed by atoms with van der Waals surface area (Å²) in [5.74, 6) is 1.36. The molecule has 0 aliphatic heterocycles. The third-order valence-electron chi connectivity index (χ3n) is 3.21. The van der Waals surface area contributed by atoms with Crippen LogP contribution in [0.15, 0.2) is 48.5 Å². The van der Waals surface area contributed by atoms with Gasteiger partial charge in [-0.1, -0.05) is 32.0 Å². The number of nitrogens with two attached hydrogens (primary N) is 2. The van der Waals surface area contributed by atoms with Crippen molar-refractivity contribution in [2.24, 2.45) is 11.5 Å². The number of hydrogen-bond acceptors (Lipinski definition) is 5. The normalized spacial score (nSPS) is 10.8. The van der Waals surface area contributed by atoms with E-state index in [-0.39, 0.29) is 91.3 Å². The van der Waals surface area contributed by atoms with Gasteiger partial charge in [-0.2, -0.15) is 5.26 Å². The molecule has 2 aromatic rings. The molecule has 0 aliphatic rings. The molecular weight excluding hydrogens is 812 g/mol. The summed E-state index contributed by atoms with van der Waals surface area (Å²) in [5, 5.41) is 8.60. The smallest absolute Gasteiger partial charge is 0.120 e. The molecule has 0 saturated heterocycles. The Balaban J connectivity index is -0.000000209. The van der Waals surface area contributed by atoms with Crippen LogP contribution in [0.3, 0.4) is 0 Å². The molecule has 0 saturated carbocycles. The quantitative estimate of drug-likeness (QED) is 0.409. The first-order valence-corrected chi connectivity index (χ1v) is 8.61. The van der Waals surface area contributed by atoms with Crippen LogP contribution in [0.1, 0.15) is 31.1 Å². The minimum Gasteiger partial charge on any atom is -0.672 e. The minimum atomic E-state index is -0.480. The fourth-order valence-corrected chi connectivity index (χ4v) is 1.91. The number of ether oxygens (including phenoxy) is 2. The zero-order valence-electron chi connectivity index (χ0n) is 17.4. The molecule has 6 N–H and O–H groups in total. The number of rotatable bonds is 7. The summed E-state index contributed by atoms with van der Waals surface area (Å²) in [5.41, 5.74) is 27.0. The number of nitrogens with zero attached hydrogens (tertiary/aromatic N) is 1. The van der Waals surface area contributed by atoms with Gasteiger partial charge in [0.25, 0.3) is 0 Å². The predicted molar refractivity (Wildman–Crippen MR) is 107 cm³/mol. The average molecular weight is 839 g/mol. The molecule has 7 nitrogen and oxygen atoms in total. The van der Waals surface area contributed by atoms with Crippen LogP contribution in [0.2, 0.25) is 0 Å². The van der Waals surface area contributed by atoms with Gasteiger partial charge in [0.15, 0.2) is 0 Å². The largest absolute Gasteiger partial charge is 0.672 e. The Hall–Kier alpha value is -0.0845. The first-order valence-electron chi connectivity index (χ1n) is 8.61. The first kappa shape index (κ1) is 38.2. The molecule has 0 aromatic heterocycles. The SMILES string of the molecule is CC([NH-])COc1cccc(C#N)c1.CC([NH-])COc1cccc(C(N)N)c1.[V].[V].[W].[W]. The summed E-state index contributed by atoms with van der Waals surface area (Å²) < 4.78 is 10.6. The molecule has 31 heavy (non-hydrogen) atoms. The maximum Gasteiger partial charge on any atom is 0.120 e. The van der Waals surface area contributed by atoms with E-state index < -0.39 is 6.17 Å². The van der Waals surface area contributed by atoms with E-state index in [1.807, 2.05) is 24.3 Å². The third kappa shape index (κ3) is 18.1. The van der Waals surface area contributed by atoms with Gasteiger partial charge in [0.2, 0.25) is 0 Å². The van der Waals surface area contributed by atoms with Gasteiger partial charge in [0, 0.05) is 79.2 Å². The van der Waals surface area contributed by atoms with E-state index >= 15 is 0 Å². The summed E-state index contributed by atoms with van der Waals surface area (Å²) in [6.45, 7) is 4.27. The van der Waals surface area contributed by atoms with E-state index in [2.05, 4.69) is 0 Å². The fourth-order valence-electron chi connectivity index (χ4n) is 1.91. The summed E-state index contributed by atoms with van der Waals surface area (Å²) in [7, 11) is 0. The molecule has 168 valence electrons. The molecule has 2 rings (SSSR count). The van der Waals surface area contributed by atoms with Crippen molar-refractivity contribution in [3.63, 3.8) is 0 Å². The van der Waals surface area contributed by atoms with Crippen molar-refractivity contribution in [3.8, 4) is 17.6 Å². The van der Waals surface area contributed by atoms with Crippen LogP contribution < -0.4 is 20.9 Å². The van der Waals surface area contributed by atoms with E-state index in [1.54, 1.807) is 44.2 Å². The number of benzene rings is 2. The molecule has 0 aliphatic carbocycles. The Morgan fingerprint density at radius 1 is 0.871 bits per heavy atom. The van der Waals surface area contributed by atoms with Crippen LogP contribution in [-0.4, -0.2) is 25.3 Å². The Morgan fingerprint density at radius 2 is 1.32 bits per heavy atom. The second-order valence-electron chi connectivity index (χ2n) is 6.16. The second-order valence-corrected chi connectivity index (χ2v) is 6.16. The van der Waals surface area contributed by atoms with Crippen LogP contribution in [0.4, 0.5) is 0 Å². The molecule has 2 aromatic carbocycles. The molecule has 2 atom stereocenters. The second kappa shape index (κ2) is 21.7. The van der Waals surface area contributed by atoms with Crippen molar-refractivity contribution < 1.29 is 88.7 Å². The van der Waals surface area contributed by atoms with Gasteiger partial charge in [0.05, 0.1) is 31.0 Å². The molecular formula is C20H27N5O2V2W2-2. The van der Waals surface area contributed by atoms with Crippen molar-refractivity contribution in [3.05, 3.63) is 71.1 Å². The minimum absolute atomic E-state index is 0. The van der Waals surface area contributed by atoms with Crippen molar-refractivity contribution in [1.29, 1.82) is 5.26 Å². The van der Waals surface area contributed by atoms with E-state index in [0.29, 0.717) is 30.3 Å². The monoisotopic (exact) mass is 839 g/mol. The van der Waals surface area contributed by atoms with Gasteiger partial charge in [-0.05, 0) is 35.9 Å². The van der Waals surface area contributed by atoms with Gasteiger partial charge in [-0.15, -0.1) is 12.1 Å². The van der Waals surface area contributed by atoms with Gasteiger partial charge in [0.1, 0.15) is 11.5 Å². The first-order chi connectivity index (χ1) is 12.8. The number of hydrogen-bond donors (Lipinski definition) is 2. The third-order valence-corrected chi connectivity index (χ3v) is 3.21. The predicted octanol–water partition coefficient (Wildman–Crippen LogP) is 3.79. The van der Waals surface area contributed by atoms with Crippen LogP contribution in [0.5, 0.6) is 11.5 Å².